The summed E-state index contributed by atoms with van der Waals surface area (Å²) in [6.07, 6.45) is 1.32. The molecule has 2 atom stereocenters. The van der Waals surface area contributed by atoms with Crippen molar-refractivity contribution in [3.05, 3.63) is 104 Å². The van der Waals surface area contributed by atoms with Gasteiger partial charge in [-0.2, -0.15) is 9.97 Å². The standard InChI is InChI=1S/2C19H19N7O6.Cu/c2*20-19-25-15-14(17(30)26-19)23-11(8-22-15)7-21-10-3-1-9(2-4-10)16(29)24-12(18(31)32)5-6-13(27)28;/h2*1-4,8,12,21H,5-7H2,(H,24,29)(H,27,28)(H,31,32)(H3,20,22,25,26,30);/q;;+2/p-2. The molecule has 2 unspecified atom stereocenters. The number of nitrogens with two attached hydrogens (primary N) is 2. The molecule has 1 radical (unpaired) electrons. The van der Waals surface area contributed by atoms with Crippen molar-refractivity contribution in [3.8, 4) is 0 Å². The van der Waals surface area contributed by atoms with Crippen molar-refractivity contribution in [3.63, 3.8) is 0 Å². The van der Waals surface area contributed by atoms with Crippen molar-refractivity contribution >= 4 is 81.3 Å². The number of aromatic nitrogens is 8. The number of carbonyl (C=O) groups is 6. The fourth-order valence-corrected chi connectivity index (χ4v) is 5.50. The van der Waals surface area contributed by atoms with E-state index in [4.69, 9.17) is 21.7 Å². The van der Waals surface area contributed by atoms with Crippen LogP contribution < -0.4 is 54.1 Å². The Morgan fingerprint density at radius 3 is 1.28 bits per heavy atom. The van der Waals surface area contributed by atoms with Gasteiger partial charge in [0.15, 0.2) is 22.3 Å². The number of hydrogen-bond acceptors (Lipinski definition) is 20. The first-order valence-electron chi connectivity index (χ1n) is 18.6. The molecule has 2 amide bonds. The Hall–Kier alpha value is -8.58. The summed E-state index contributed by atoms with van der Waals surface area (Å²) in [6, 6.07) is 9.56. The minimum Gasteiger partial charge on any atom is -0.550 e. The van der Waals surface area contributed by atoms with Crippen molar-refractivity contribution < 1.29 is 66.3 Å². The second kappa shape index (κ2) is 22.5. The zero-order valence-corrected chi connectivity index (χ0v) is 34.2. The van der Waals surface area contributed by atoms with Crippen molar-refractivity contribution in [2.24, 2.45) is 0 Å². The number of nitrogens with one attached hydrogen (secondary N) is 6. The Kier molecular flexibility index (Phi) is 17.0. The van der Waals surface area contributed by atoms with Crippen molar-refractivity contribution in [2.45, 2.75) is 50.9 Å². The van der Waals surface area contributed by atoms with Gasteiger partial charge in [0.2, 0.25) is 11.9 Å². The normalized spacial score (nSPS) is 11.4. The summed E-state index contributed by atoms with van der Waals surface area (Å²) in [4.78, 5) is 121. The molecule has 0 spiro atoms. The van der Waals surface area contributed by atoms with E-state index in [1.54, 1.807) is 24.3 Å². The number of carboxylic acids is 4. The number of benzene rings is 2. The van der Waals surface area contributed by atoms with Gasteiger partial charge in [0.1, 0.15) is 12.1 Å². The molecule has 4 heterocycles. The molecule has 0 aliphatic carbocycles. The van der Waals surface area contributed by atoms with E-state index in [0.717, 1.165) is 0 Å². The molecular formula is C38H36CuN14O12. The quantitative estimate of drug-likeness (QED) is 0.0390. The topological polar surface area (TPSA) is 432 Å². The van der Waals surface area contributed by atoms with Gasteiger partial charge in [-0.15, -0.1) is 0 Å². The minimum atomic E-state index is -1.40. The minimum absolute atomic E-state index is 0. The number of aliphatic carboxylic acids is 4. The van der Waals surface area contributed by atoms with Crippen LogP contribution in [0.15, 0.2) is 70.5 Å². The Balaban J connectivity index is 0.000000280. The predicted octanol–water partition coefficient (Wildman–Crippen LogP) is -2.76. The van der Waals surface area contributed by atoms with Crippen LogP contribution in [0.25, 0.3) is 22.3 Å². The molecule has 0 saturated heterocycles. The van der Waals surface area contributed by atoms with E-state index in [0.29, 0.717) is 22.8 Å². The summed E-state index contributed by atoms with van der Waals surface area (Å²) in [6.45, 7) is 0.450. The fraction of sp³-hybridized carbons (Fsp3) is 0.211. The molecule has 6 aromatic rings. The second-order valence-corrected chi connectivity index (χ2v) is 13.4. The van der Waals surface area contributed by atoms with E-state index in [-0.39, 0.29) is 88.4 Å². The summed E-state index contributed by atoms with van der Waals surface area (Å²) < 4.78 is 0. The summed E-state index contributed by atoms with van der Waals surface area (Å²) in [5, 5.41) is 49.9. The molecule has 0 aliphatic rings. The van der Waals surface area contributed by atoms with Gasteiger partial charge >= 0.3 is 29.0 Å². The summed E-state index contributed by atoms with van der Waals surface area (Å²) in [5.74, 6) is -6.91. The van der Waals surface area contributed by atoms with Crippen LogP contribution in [-0.4, -0.2) is 97.9 Å². The van der Waals surface area contributed by atoms with Gasteiger partial charge < -0.3 is 62.7 Å². The molecular weight excluding hydrogens is 908 g/mol. The summed E-state index contributed by atoms with van der Waals surface area (Å²) >= 11 is 0. The van der Waals surface area contributed by atoms with Crippen molar-refractivity contribution in [1.29, 1.82) is 0 Å². The fourth-order valence-electron chi connectivity index (χ4n) is 5.50. The number of nitrogens with zero attached hydrogens (tertiary/aromatic N) is 6. The predicted molar refractivity (Wildman–Crippen MR) is 219 cm³/mol. The third-order valence-electron chi connectivity index (χ3n) is 8.69. The van der Waals surface area contributed by atoms with Gasteiger partial charge in [-0.3, -0.25) is 29.1 Å². The Morgan fingerprint density at radius 1 is 0.600 bits per heavy atom. The molecule has 0 bridgehead atoms. The Morgan fingerprint density at radius 2 is 0.954 bits per heavy atom. The number of carbonyl (C=O) groups excluding carboxylic acids is 4. The van der Waals surface area contributed by atoms with Crippen LogP contribution >= 0.6 is 0 Å². The van der Waals surface area contributed by atoms with Crippen LogP contribution in [0.4, 0.5) is 23.3 Å². The third-order valence-corrected chi connectivity index (χ3v) is 8.69. The van der Waals surface area contributed by atoms with E-state index in [2.05, 4.69) is 61.1 Å². The maximum absolute atomic E-state index is 12.3. The largest absolute Gasteiger partial charge is 2.00 e. The van der Waals surface area contributed by atoms with E-state index < -0.39 is 71.7 Å². The van der Waals surface area contributed by atoms with Crippen LogP contribution in [0.5, 0.6) is 0 Å². The first-order valence-corrected chi connectivity index (χ1v) is 18.6. The molecule has 6 rings (SSSR count). The molecule has 65 heavy (non-hydrogen) atoms. The number of aromatic amines is 2. The Bertz CT molecular complexity index is 2650. The molecule has 4 aromatic heterocycles. The number of amides is 2. The summed E-state index contributed by atoms with van der Waals surface area (Å²) in [7, 11) is 0. The number of nitrogen functional groups attached to an aromatic ring is 2. The van der Waals surface area contributed by atoms with E-state index >= 15 is 0 Å². The van der Waals surface area contributed by atoms with Gasteiger partial charge in [-0.05, 0) is 74.2 Å². The van der Waals surface area contributed by atoms with Crippen LogP contribution in [-0.2, 0) is 49.3 Å². The number of H-pyrrole nitrogens is 2. The molecule has 26 nitrogen and oxygen atoms in total. The summed E-state index contributed by atoms with van der Waals surface area (Å²) in [5.41, 5.74) is 12.9. The number of hydrogen-bond donors (Lipinski definition) is 10. The maximum atomic E-state index is 12.3. The number of rotatable bonds is 18. The smallest absolute Gasteiger partial charge is 0.550 e. The molecule has 2 aromatic carbocycles. The zero-order valence-electron chi connectivity index (χ0n) is 33.3. The molecule has 0 aliphatic heterocycles. The second-order valence-electron chi connectivity index (χ2n) is 13.4. The van der Waals surface area contributed by atoms with Gasteiger partial charge in [-0.25, -0.2) is 29.5 Å². The first-order chi connectivity index (χ1) is 30.4. The van der Waals surface area contributed by atoms with Gasteiger partial charge in [-0.1, -0.05) is 0 Å². The van der Waals surface area contributed by atoms with E-state index in [9.17, 15) is 48.6 Å². The van der Waals surface area contributed by atoms with E-state index in [1.165, 1.54) is 36.7 Å². The van der Waals surface area contributed by atoms with Gasteiger partial charge in [0.25, 0.3) is 22.9 Å². The Labute approximate surface area is 374 Å². The van der Waals surface area contributed by atoms with E-state index in [1.807, 2.05) is 0 Å². The number of fused-ring (bicyclic) bond motifs is 2. The van der Waals surface area contributed by atoms with Crippen LogP contribution in [0.2, 0.25) is 0 Å². The SMILES string of the molecule is Nc1nc2ncc(CNc3ccc(C(=O)NC(CCC(=O)[O-])C(=O)O)cc3)nc2c(=O)[nH]1.Nc1nc2ncc(CNc3ccc(C(=O)NC(CCC(=O)[O-])C(=O)O)cc3)nc2c(=O)[nH]1.[Cu+2]. The van der Waals surface area contributed by atoms with Crippen LogP contribution in [0.3, 0.4) is 0 Å². The average Bonchev–Trinajstić information content (AvgIpc) is 3.25. The average molecular weight is 944 g/mol. The van der Waals surface area contributed by atoms with Crippen LogP contribution in [0, 0.1) is 0 Å². The monoisotopic (exact) mass is 943 g/mol. The zero-order chi connectivity index (χ0) is 46.5. The molecule has 0 fully saturated rings. The third kappa shape index (κ3) is 14.2. The maximum Gasteiger partial charge on any atom is 2.00 e. The van der Waals surface area contributed by atoms with Crippen molar-refractivity contribution in [1.82, 2.24) is 50.5 Å². The van der Waals surface area contributed by atoms with Gasteiger partial charge in [0.05, 0.1) is 36.9 Å². The molecule has 12 N–H and O–H groups in total. The van der Waals surface area contributed by atoms with Gasteiger partial charge in [0, 0.05) is 34.4 Å². The molecule has 0 saturated carbocycles. The first kappa shape index (κ1) is 49.1. The number of carboxylic acid groups (broad SMARTS) is 4. The molecule has 27 heteroatoms. The van der Waals surface area contributed by atoms with Crippen molar-refractivity contribution in [2.75, 3.05) is 22.1 Å². The molecule has 341 valence electrons. The number of anilines is 4. The van der Waals surface area contributed by atoms with Crippen LogP contribution in [0.1, 0.15) is 57.8 Å².